The van der Waals surface area contributed by atoms with E-state index in [9.17, 15) is 4.79 Å². The third-order valence-corrected chi connectivity index (χ3v) is 4.60. The van der Waals surface area contributed by atoms with Crippen molar-refractivity contribution in [1.29, 1.82) is 0 Å². The van der Waals surface area contributed by atoms with Crippen LogP contribution in [0.15, 0.2) is 84.9 Å². The first-order valence-corrected chi connectivity index (χ1v) is 8.46. The molecule has 1 saturated carbocycles. The quantitative estimate of drug-likeness (QED) is 0.703. The van der Waals surface area contributed by atoms with Crippen molar-refractivity contribution in [2.75, 3.05) is 5.32 Å². The predicted octanol–water partition coefficient (Wildman–Crippen LogP) is 5.15. The van der Waals surface area contributed by atoms with Gasteiger partial charge >= 0.3 is 0 Å². The van der Waals surface area contributed by atoms with E-state index in [2.05, 4.69) is 5.32 Å². The maximum absolute atomic E-state index is 12.7. The fourth-order valence-corrected chi connectivity index (χ4v) is 3.01. The number of rotatable bonds is 5. The third kappa shape index (κ3) is 3.26. The van der Waals surface area contributed by atoms with Crippen molar-refractivity contribution in [2.45, 2.75) is 18.3 Å². The maximum atomic E-state index is 12.7. The SMILES string of the molecule is O=C(Nc1ccc(Oc2ccccc2)cc1)C1(c2ccccc2)CC1. The molecule has 0 heterocycles. The molecule has 3 aromatic carbocycles. The van der Waals surface area contributed by atoms with E-state index in [-0.39, 0.29) is 11.3 Å². The van der Waals surface area contributed by atoms with Gasteiger partial charge in [0, 0.05) is 5.69 Å². The van der Waals surface area contributed by atoms with Crippen LogP contribution in [0.5, 0.6) is 11.5 Å². The lowest BCUT2D eigenvalue weighted by Crippen LogP contribution is -2.27. The number of anilines is 1. The fraction of sp³-hybridized carbons (Fsp3) is 0.136. The number of hydrogen-bond acceptors (Lipinski definition) is 2. The number of hydrogen-bond donors (Lipinski definition) is 1. The van der Waals surface area contributed by atoms with Gasteiger partial charge in [0.2, 0.25) is 5.91 Å². The van der Waals surface area contributed by atoms with Crippen LogP contribution in [0, 0.1) is 0 Å². The van der Waals surface area contributed by atoms with Crippen molar-refractivity contribution in [1.82, 2.24) is 0 Å². The molecule has 1 fully saturated rings. The molecule has 0 spiro atoms. The second-order valence-electron chi connectivity index (χ2n) is 6.34. The molecular weight excluding hydrogens is 310 g/mol. The summed E-state index contributed by atoms with van der Waals surface area (Å²) in [6.45, 7) is 0. The highest BCUT2D eigenvalue weighted by Gasteiger charge is 2.51. The Morgan fingerprint density at radius 3 is 1.92 bits per heavy atom. The van der Waals surface area contributed by atoms with E-state index in [0.717, 1.165) is 35.6 Å². The third-order valence-electron chi connectivity index (χ3n) is 4.60. The van der Waals surface area contributed by atoms with Gasteiger partial charge in [0.1, 0.15) is 11.5 Å². The normalized spacial score (nSPS) is 14.6. The Balaban J connectivity index is 1.44. The van der Waals surface area contributed by atoms with Crippen LogP contribution in [0.1, 0.15) is 18.4 Å². The van der Waals surface area contributed by atoms with Crippen molar-refractivity contribution in [3.8, 4) is 11.5 Å². The highest BCUT2D eigenvalue weighted by Crippen LogP contribution is 2.48. The summed E-state index contributed by atoms with van der Waals surface area (Å²) in [6.07, 6.45) is 1.80. The summed E-state index contributed by atoms with van der Waals surface area (Å²) in [4.78, 5) is 12.7. The number of para-hydroxylation sites is 1. The minimum absolute atomic E-state index is 0.0652. The van der Waals surface area contributed by atoms with E-state index in [1.807, 2.05) is 84.9 Å². The zero-order valence-electron chi connectivity index (χ0n) is 13.8. The van der Waals surface area contributed by atoms with Crippen LogP contribution in [0.4, 0.5) is 5.69 Å². The van der Waals surface area contributed by atoms with Gasteiger partial charge in [0.15, 0.2) is 0 Å². The second-order valence-corrected chi connectivity index (χ2v) is 6.34. The molecule has 0 unspecified atom stereocenters. The minimum Gasteiger partial charge on any atom is -0.457 e. The monoisotopic (exact) mass is 329 g/mol. The van der Waals surface area contributed by atoms with Crippen molar-refractivity contribution < 1.29 is 9.53 Å². The van der Waals surface area contributed by atoms with Gasteiger partial charge in [-0.15, -0.1) is 0 Å². The first kappa shape index (κ1) is 15.5. The van der Waals surface area contributed by atoms with Gasteiger partial charge in [0.05, 0.1) is 5.41 Å². The molecule has 0 bridgehead atoms. The summed E-state index contributed by atoms with van der Waals surface area (Å²) in [5, 5.41) is 3.04. The summed E-state index contributed by atoms with van der Waals surface area (Å²) in [7, 11) is 0. The van der Waals surface area contributed by atoms with Gasteiger partial charge in [0.25, 0.3) is 0 Å². The first-order chi connectivity index (χ1) is 12.3. The highest BCUT2D eigenvalue weighted by atomic mass is 16.5. The average Bonchev–Trinajstić information content (AvgIpc) is 3.47. The lowest BCUT2D eigenvalue weighted by molar-refractivity contribution is -0.118. The summed E-state index contributed by atoms with van der Waals surface area (Å²) in [6, 6.07) is 27.1. The van der Waals surface area contributed by atoms with E-state index in [1.54, 1.807) is 0 Å². The Bertz CT molecular complexity index is 854. The molecule has 1 aliphatic carbocycles. The average molecular weight is 329 g/mol. The molecule has 0 radical (unpaired) electrons. The second kappa shape index (κ2) is 6.44. The predicted molar refractivity (Wildman–Crippen MR) is 98.9 cm³/mol. The number of carbonyl (C=O) groups excluding carboxylic acids is 1. The minimum atomic E-state index is -0.361. The standard InChI is InChI=1S/C22H19NO2/c24-21(22(15-16-22)17-7-3-1-4-8-17)23-18-11-13-20(14-12-18)25-19-9-5-2-6-10-19/h1-14H,15-16H2,(H,23,24). The fourth-order valence-electron chi connectivity index (χ4n) is 3.01. The lowest BCUT2D eigenvalue weighted by atomic mass is 9.95. The van der Waals surface area contributed by atoms with Crippen LogP contribution in [0.2, 0.25) is 0 Å². The Hall–Kier alpha value is -3.07. The van der Waals surface area contributed by atoms with Gasteiger partial charge in [-0.3, -0.25) is 4.79 Å². The molecule has 25 heavy (non-hydrogen) atoms. The van der Waals surface area contributed by atoms with Gasteiger partial charge in [-0.25, -0.2) is 0 Å². The molecule has 3 nitrogen and oxygen atoms in total. The molecule has 4 rings (SSSR count). The number of nitrogens with one attached hydrogen (secondary N) is 1. The smallest absolute Gasteiger partial charge is 0.235 e. The van der Waals surface area contributed by atoms with E-state index in [4.69, 9.17) is 4.74 Å². The van der Waals surface area contributed by atoms with Gasteiger partial charge in [-0.05, 0) is 54.8 Å². The van der Waals surface area contributed by atoms with Crippen molar-refractivity contribution >= 4 is 11.6 Å². The van der Waals surface area contributed by atoms with Crippen molar-refractivity contribution in [2.24, 2.45) is 0 Å². The van der Waals surface area contributed by atoms with Gasteiger partial charge in [-0.1, -0.05) is 48.5 Å². The van der Waals surface area contributed by atoms with Gasteiger partial charge < -0.3 is 10.1 Å². The number of carbonyl (C=O) groups is 1. The number of amides is 1. The highest BCUT2D eigenvalue weighted by molar-refractivity contribution is 6.01. The van der Waals surface area contributed by atoms with Crippen LogP contribution in [0.3, 0.4) is 0 Å². The molecule has 1 aliphatic rings. The summed E-state index contributed by atoms with van der Waals surface area (Å²) < 4.78 is 5.77. The summed E-state index contributed by atoms with van der Waals surface area (Å²) >= 11 is 0. The zero-order chi connectivity index (χ0) is 17.1. The molecule has 0 atom stereocenters. The van der Waals surface area contributed by atoms with E-state index in [1.165, 1.54) is 0 Å². The summed E-state index contributed by atoms with van der Waals surface area (Å²) in [5.41, 5.74) is 1.52. The molecule has 0 aromatic heterocycles. The maximum Gasteiger partial charge on any atom is 0.235 e. The van der Waals surface area contributed by atoms with Crippen LogP contribution in [-0.2, 0) is 10.2 Å². The topological polar surface area (TPSA) is 38.3 Å². The van der Waals surface area contributed by atoms with E-state index >= 15 is 0 Å². The lowest BCUT2D eigenvalue weighted by Gasteiger charge is -2.16. The first-order valence-electron chi connectivity index (χ1n) is 8.46. The molecule has 0 aliphatic heterocycles. The molecule has 0 saturated heterocycles. The summed E-state index contributed by atoms with van der Waals surface area (Å²) in [5.74, 6) is 1.60. The molecule has 124 valence electrons. The Labute approximate surface area is 147 Å². The Morgan fingerprint density at radius 2 is 1.32 bits per heavy atom. The molecule has 3 heteroatoms. The Kier molecular flexibility index (Phi) is 3.98. The van der Waals surface area contributed by atoms with Crippen molar-refractivity contribution in [3.63, 3.8) is 0 Å². The van der Waals surface area contributed by atoms with Crippen LogP contribution < -0.4 is 10.1 Å². The molecule has 1 N–H and O–H groups in total. The number of ether oxygens (including phenoxy) is 1. The van der Waals surface area contributed by atoms with Crippen LogP contribution in [0.25, 0.3) is 0 Å². The molecule has 3 aromatic rings. The molecule has 1 amide bonds. The zero-order valence-corrected chi connectivity index (χ0v) is 13.8. The number of benzene rings is 3. The van der Waals surface area contributed by atoms with E-state index < -0.39 is 0 Å². The largest absolute Gasteiger partial charge is 0.457 e. The van der Waals surface area contributed by atoms with Crippen molar-refractivity contribution in [3.05, 3.63) is 90.5 Å². The van der Waals surface area contributed by atoms with Gasteiger partial charge in [-0.2, -0.15) is 0 Å². The molecular formula is C22H19NO2. The van der Waals surface area contributed by atoms with E-state index in [0.29, 0.717) is 0 Å². The van der Waals surface area contributed by atoms with Crippen LogP contribution >= 0.6 is 0 Å². The van der Waals surface area contributed by atoms with Crippen LogP contribution in [-0.4, -0.2) is 5.91 Å². The Morgan fingerprint density at radius 1 is 0.760 bits per heavy atom.